The van der Waals surface area contributed by atoms with E-state index in [0.717, 1.165) is 44.0 Å². The Balaban J connectivity index is 1.87. The molecule has 0 saturated carbocycles. The van der Waals surface area contributed by atoms with Crippen molar-refractivity contribution in [1.82, 2.24) is 0 Å². The van der Waals surface area contributed by atoms with E-state index in [0.29, 0.717) is 0 Å². The molecule has 22 heavy (non-hydrogen) atoms. The average molecular weight is 284 g/mol. The number of rotatable bonds is 1. The molecule has 0 radical (unpaired) electrons. The van der Waals surface area contributed by atoms with E-state index < -0.39 is 0 Å². The molecular weight excluding hydrogens is 272 g/mol. The molecule has 2 heterocycles. The first kappa shape index (κ1) is 11.6. The molecule has 0 saturated heterocycles. The predicted octanol–water partition coefficient (Wildman–Crippen LogP) is 6.00. The Kier molecular flexibility index (Phi) is 2.25. The van der Waals surface area contributed by atoms with Gasteiger partial charge in [0.25, 0.3) is 0 Å². The summed E-state index contributed by atoms with van der Waals surface area (Å²) in [5, 5.41) is 4.39. The summed E-state index contributed by atoms with van der Waals surface area (Å²) in [7, 11) is 0. The molecule has 0 aliphatic carbocycles. The number of hydrogen-bond donors (Lipinski definition) is 0. The second-order valence-electron chi connectivity index (χ2n) is 5.46. The lowest BCUT2D eigenvalue weighted by molar-refractivity contribution is 0.618. The lowest BCUT2D eigenvalue weighted by Gasteiger charge is -1.99. The van der Waals surface area contributed by atoms with Gasteiger partial charge in [-0.1, -0.05) is 42.5 Å². The number of furan rings is 2. The van der Waals surface area contributed by atoms with Gasteiger partial charge in [-0.2, -0.15) is 0 Å². The number of benzene rings is 3. The molecule has 0 fully saturated rings. The Bertz CT molecular complexity index is 1110. The van der Waals surface area contributed by atoms with Gasteiger partial charge in [0, 0.05) is 27.1 Å². The Morgan fingerprint density at radius 1 is 0.636 bits per heavy atom. The lowest BCUT2D eigenvalue weighted by atomic mass is 10.1. The molecule has 5 aromatic rings. The number of fused-ring (bicyclic) bond motifs is 5. The average Bonchev–Trinajstić information content (AvgIpc) is 3.21. The van der Waals surface area contributed by atoms with Crippen molar-refractivity contribution in [3.8, 4) is 11.3 Å². The third kappa shape index (κ3) is 1.55. The summed E-state index contributed by atoms with van der Waals surface area (Å²) in [4.78, 5) is 0. The maximum atomic E-state index is 6.15. The standard InChI is InChI=1S/C20H12O2/c1-2-4-13(5-3-1)18-12-15-7-9-16-17(20(15)22-18)8-6-14-10-11-21-19(14)16/h1-12H. The van der Waals surface area contributed by atoms with Crippen LogP contribution in [0.3, 0.4) is 0 Å². The van der Waals surface area contributed by atoms with Gasteiger partial charge in [0.05, 0.1) is 6.26 Å². The van der Waals surface area contributed by atoms with E-state index in [4.69, 9.17) is 8.83 Å². The van der Waals surface area contributed by atoms with E-state index >= 15 is 0 Å². The highest BCUT2D eigenvalue weighted by Crippen LogP contribution is 2.35. The first-order valence-electron chi connectivity index (χ1n) is 7.28. The molecule has 104 valence electrons. The maximum absolute atomic E-state index is 6.15. The van der Waals surface area contributed by atoms with Crippen LogP contribution in [0.15, 0.2) is 81.8 Å². The van der Waals surface area contributed by atoms with Crippen molar-refractivity contribution in [3.05, 3.63) is 73.0 Å². The van der Waals surface area contributed by atoms with Gasteiger partial charge in [-0.25, -0.2) is 0 Å². The van der Waals surface area contributed by atoms with Crippen molar-refractivity contribution in [3.63, 3.8) is 0 Å². The smallest absolute Gasteiger partial charge is 0.142 e. The SMILES string of the molecule is c1ccc(-c2cc3ccc4c(ccc5ccoc54)c3o2)cc1. The summed E-state index contributed by atoms with van der Waals surface area (Å²) in [5.74, 6) is 0.891. The minimum atomic E-state index is 0.891. The molecule has 0 spiro atoms. The Hall–Kier alpha value is -3.00. The lowest BCUT2D eigenvalue weighted by Crippen LogP contribution is -1.74. The van der Waals surface area contributed by atoms with Gasteiger partial charge < -0.3 is 8.83 Å². The van der Waals surface area contributed by atoms with Gasteiger partial charge in [0.2, 0.25) is 0 Å². The van der Waals surface area contributed by atoms with Crippen LogP contribution >= 0.6 is 0 Å². The topological polar surface area (TPSA) is 26.3 Å². The second-order valence-corrected chi connectivity index (χ2v) is 5.46. The van der Waals surface area contributed by atoms with Gasteiger partial charge in [-0.3, -0.25) is 0 Å². The van der Waals surface area contributed by atoms with Crippen molar-refractivity contribution >= 4 is 32.7 Å². The van der Waals surface area contributed by atoms with Crippen molar-refractivity contribution in [2.45, 2.75) is 0 Å². The monoisotopic (exact) mass is 284 g/mol. The summed E-state index contributed by atoms with van der Waals surface area (Å²) in [6.07, 6.45) is 1.73. The molecule has 0 aliphatic rings. The predicted molar refractivity (Wildman–Crippen MR) is 88.9 cm³/mol. The van der Waals surface area contributed by atoms with Crippen LogP contribution in [0.5, 0.6) is 0 Å². The zero-order valence-electron chi connectivity index (χ0n) is 11.7. The molecule has 5 rings (SSSR count). The van der Waals surface area contributed by atoms with Crippen LogP contribution in [0.1, 0.15) is 0 Å². The van der Waals surface area contributed by atoms with Gasteiger partial charge in [0.15, 0.2) is 0 Å². The maximum Gasteiger partial charge on any atom is 0.142 e. The highest BCUT2D eigenvalue weighted by atomic mass is 16.3. The van der Waals surface area contributed by atoms with Crippen LogP contribution in [0.25, 0.3) is 44.0 Å². The van der Waals surface area contributed by atoms with Crippen molar-refractivity contribution in [2.24, 2.45) is 0 Å². The summed E-state index contributed by atoms with van der Waals surface area (Å²) in [5.41, 5.74) is 2.91. The minimum absolute atomic E-state index is 0.891. The quantitative estimate of drug-likeness (QED) is 0.377. The van der Waals surface area contributed by atoms with Gasteiger partial charge in [-0.05, 0) is 24.3 Å². The molecular formula is C20H12O2. The first-order chi connectivity index (χ1) is 10.9. The first-order valence-corrected chi connectivity index (χ1v) is 7.28. The summed E-state index contributed by atoms with van der Waals surface area (Å²) in [6, 6.07) is 22.6. The Labute approximate surface area is 126 Å². The summed E-state index contributed by atoms with van der Waals surface area (Å²) >= 11 is 0. The summed E-state index contributed by atoms with van der Waals surface area (Å²) in [6.45, 7) is 0. The zero-order chi connectivity index (χ0) is 14.5. The van der Waals surface area contributed by atoms with Crippen LogP contribution in [0.2, 0.25) is 0 Å². The number of hydrogen-bond acceptors (Lipinski definition) is 2. The fourth-order valence-electron chi connectivity index (χ4n) is 3.08. The van der Waals surface area contributed by atoms with E-state index in [1.165, 1.54) is 0 Å². The van der Waals surface area contributed by atoms with Crippen LogP contribution < -0.4 is 0 Å². The molecule has 0 aliphatic heterocycles. The molecule has 0 amide bonds. The third-order valence-electron chi connectivity index (χ3n) is 4.15. The largest absolute Gasteiger partial charge is 0.464 e. The van der Waals surface area contributed by atoms with Crippen molar-refractivity contribution < 1.29 is 8.83 Å². The van der Waals surface area contributed by atoms with Crippen molar-refractivity contribution in [2.75, 3.05) is 0 Å². The molecule has 0 unspecified atom stereocenters. The Morgan fingerprint density at radius 3 is 2.27 bits per heavy atom. The zero-order valence-corrected chi connectivity index (χ0v) is 11.7. The molecule has 2 aromatic heterocycles. The third-order valence-corrected chi connectivity index (χ3v) is 4.15. The Morgan fingerprint density at radius 2 is 1.41 bits per heavy atom. The van der Waals surface area contributed by atoms with Crippen molar-refractivity contribution in [1.29, 1.82) is 0 Å². The van der Waals surface area contributed by atoms with Gasteiger partial charge >= 0.3 is 0 Å². The van der Waals surface area contributed by atoms with Crippen LogP contribution in [-0.4, -0.2) is 0 Å². The van der Waals surface area contributed by atoms with Crippen LogP contribution in [0.4, 0.5) is 0 Å². The highest BCUT2D eigenvalue weighted by molar-refractivity contribution is 6.14. The molecule has 3 aromatic carbocycles. The van der Waals surface area contributed by atoms with E-state index in [1.54, 1.807) is 6.26 Å². The molecule has 0 atom stereocenters. The highest BCUT2D eigenvalue weighted by Gasteiger charge is 2.11. The molecule has 2 nitrogen and oxygen atoms in total. The van der Waals surface area contributed by atoms with Crippen LogP contribution in [-0.2, 0) is 0 Å². The molecule has 2 heteroatoms. The van der Waals surface area contributed by atoms with E-state index in [-0.39, 0.29) is 0 Å². The fourth-order valence-corrected chi connectivity index (χ4v) is 3.08. The normalized spacial score (nSPS) is 11.6. The fraction of sp³-hybridized carbons (Fsp3) is 0. The summed E-state index contributed by atoms with van der Waals surface area (Å²) < 4.78 is 11.8. The minimum Gasteiger partial charge on any atom is -0.464 e. The van der Waals surface area contributed by atoms with Gasteiger partial charge in [-0.15, -0.1) is 0 Å². The molecule has 0 bridgehead atoms. The molecule has 0 N–H and O–H groups in total. The van der Waals surface area contributed by atoms with E-state index in [1.807, 2.05) is 24.3 Å². The van der Waals surface area contributed by atoms with E-state index in [2.05, 4.69) is 42.5 Å². The van der Waals surface area contributed by atoms with Gasteiger partial charge in [0.1, 0.15) is 16.9 Å². The second kappa shape index (κ2) is 4.25. The van der Waals surface area contributed by atoms with E-state index in [9.17, 15) is 0 Å². The van der Waals surface area contributed by atoms with Crippen LogP contribution in [0, 0.1) is 0 Å².